The van der Waals surface area contributed by atoms with E-state index >= 15 is 0 Å². The Morgan fingerprint density at radius 1 is 0.542 bits per heavy atom. The highest BCUT2D eigenvalue weighted by Gasteiger charge is 2.12. The lowest BCUT2D eigenvalue weighted by atomic mass is 10.2. The van der Waals surface area contributed by atoms with Crippen LogP contribution in [0.5, 0.6) is 0 Å². The van der Waals surface area contributed by atoms with Crippen molar-refractivity contribution in [2.75, 3.05) is 0 Å². The van der Waals surface area contributed by atoms with E-state index < -0.39 is 21.6 Å². The van der Waals surface area contributed by atoms with Crippen LogP contribution >= 0.6 is 0 Å². The van der Waals surface area contributed by atoms with Crippen LogP contribution in [0, 0.1) is 13.8 Å². The number of aryl methyl sites for hydroxylation is 2. The molecule has 0 N–H and O–H groups in total. The topological polar surface area (TPSA) is 34.1 Å². The van der Waals surface area contributed by atoms with Gasteiger partial charge in [0.25, 0.3) is 0 Å². The highest BCUT2D eigenvalue weighted by atomic mass is 32.2. The van der Waals surface area contributed by atoms with Gasteiger partial charge in [0, 0.05) is 19.6 Å². The molecule has 2 unspecified atom stereocenters. The third-order valence-electron chi connectivity index (χ3n) is 3.84. The van der Waals surface area contributed by atoms with Crippen molar-refractivity contribution in [2.45, 2.75) is 33.4 Å². The molecule has 0 saturated carbocycles. The lowest BCUT2D eigenvalue weighted by Crippen LogP contribution is -1.98. The molecule has 4 heteroatoms. The van der Waals surface area contributed by atoms with Gasteiger partial charge >= 0.3 is 0 Å². The molecule has 2 nitrogen and oxygen atoms in total. The van der Waals surface area contributed by atoms with Crippen LogP contribution in [0.25, 0.3) is 0 Å². The number of hydrogen-bond acceptors (Lipinski definition) is 2. The van der Waals surface area contributed by atoms with Gasteiger partial charge in [-0.1, -0.05) is 36.4 Å². The van der Waals surface area contributed by atoms with Gasteiger partial charge in [0.2, 0.25) is 0 Å². The third-order valence-corrected chi connectivity index (χ3v) is 6.95. The van der Waals surface area contributed by atoms with E-state index in [4.69, 9.17) is 0 Å². The van der Waals surface area contributed by atoms with Gasteiger partial charge in [-0.3, -0.25) is 0 Å². The molecule has 0 aromatic heterocycles. The predicted octanol–water partition coefficient (Wildman–Crippen LogP) is 4.64. The molecule has 2 atom stereocenters. The summed E-state index contributed by atoms with van der Waals surface area (Å²) in [6.07, 6.45) is 0. The molecular formula is C20H18O2S2. The van der Waals surface area contributed by atoms with Crippen LogP contribution in [0.15, 0.2) is 92.4 Å². The average Bonchev–Trinajstić information content (AvgIpc) is 2.61. The average molecular weight is 354 g/mol. The SMILES string of the molecule is Cc1ccccc1S(=O)c1ccc(S(=O)c2ccccc2C)cc1. The minimum absolute atomic E-state index is 0.717. The van der Waals surface area contributed by atoms with Crippen LogP contribution in [0.4, 0.5) is 0 Å². The molecule has 0 bridgehead atoms. The van der Waals surface area contributed by atoms with Crippen LogP contribution in [0.3, 0.4) is 0 Å². The van der Waals surface area contributed by atoms with Gasteiger partial charge < -0.3 is 0 Å². The minimum atomic E-state index is -1.23. The van der Waals surface area contributed by atoms with Gasteiger partial charge in [-0.2, -0.15) is 0 Å². The fourth-order valence-corrected chi connectivity index (χ4v) is 4.87. The van der Waals surface area contributed by atoms with E-state index in [0.29, 0.717) is 0 Å². The fraction of sp³-hybridized carbons (Fsp3) is 0.100. The van der Waals surface area contributed by atoms with Crippen molar-refractivity contribution in [3.8, 4) is 0 Å². The second-order valence-electron chi connectivity index (χ2n) is 5.54. The number of rotatable bonds is 4. The van der Waals surface area contributed by atoms with Gasteiger partial charge in [0.15, 0.2) is 0 Å². The predicted molar refractivity (Wildman–Crippen MR) is 98.1 cm³/mol. The Bertz CT molecular complexity index is 838. The zero-order chi connectivity index (χ0) is 17.1. The molecule has 0 saturated heterocycles. The molecule has 0 heterocycles. The van der Waals surface area contributed by atoms with Crippen molar-refractivity contribution >= 4 is 21.6 Å². The largest absolute Gasteiger partial charge is 0.249 e. The molecule has 0 aliphatic rings. The van der Waals surface area contributed by atoms with E-state index in [1.54, 1.807) is 24.3 Å². The standard InChI is InChI=1S/C20H18O2S2/c1-15-7-3-5-9-19(15)23(21)17-11-13-18(14-12-17)24(22)20-10-6-4-8-16(20)2/h3-14H,1-2H3. The molecule has 3 aromatic rings. The van der Waals surface area contributed by atoms with E-state index in [-0.39, 0.29) is 0 Å². The Morgan fingerprint density at radius 3 is 1.21 bits per heavy atom. The fourth-order valence-electron chi connectivity index (χ4n) is 2.47. The lowest BCUT2D eigenvalue weighted by Gasteiger charge is -2.08. The molecule has 0 aliphatic carbocycles. The summed E-state index contributed by atoms with van der Waals surface area (Å²) in [6.45, 7) is 3.91. The quantitative estimate of drug-likeness (QED) is 0.684. The summed E-state index contributed by atoms with van der Waals surface area (Å²) >= 11 is 0. The van der Waals surface area contributed by atoms with E-state index in [9.17, 15) is 8.42 Å². The second-order valence-corrected chi connectivity index (χ2v) is 8.44. The lowest BCUT2D eigenvalue weighted by molar-refractivity contribution is 0.680. The van der Waals surface area contributed by atoms with Gasteiger partial charge in [0.1, 0.15) is 0 Å². The maximum Gasteiger partial charge on any atom is 0.0852 e. The maximum atomic E-state index is 12.7. The highest BCUT2D eigenvalue weighted by Crippen LogP contribution is 2.23. The van der Waals surface area contributed by atoms with Gasteiger partial charge in [-0.15, -0.1) is 0 Å². The molecule has 0 radical (unpaired) electrons. The smallest absolute Gasteiger partial charge is 0.0852 e. The Hall–Kier alpha value is -2.04. The van der Waals surface area contributed by atoms with Crippen molar-refractivity contribution < 1.29 is 8.42 Å². The molecule has 0 fully saturated rings. The summed E-state index contributed by atoms with van der Waals surface area (Å²) in [5.41, 5.74) is 2.01. The molecule has 24 heavy (non-hydrogen) atoms. The Balaban J connectivity index is 1.89. The Labute approximate surface area is 147 Å². The van der Waals surface area contributed by atoms with Crippen LogP contribution in [0.2, 0.25) is 0 Å². The van der Waals surface area contributed by atoms with Crippen LogP contribution in [0.1, 0.15) is 11.1 Å². The van der Waals surface area contributed by atoms with E-state index in [0.717, 1.165) is 30.7 Å². The monoisotopic (exact) mass is 354 g/mol. The zero-order valence-corrected chi connectivity index (χ0v) is 15.2. The van der Waals surface area contributed by atoms with Crippen LogP contribution in [-0.2, 0) is 21.6 Å². The van der Waals surface area contributed by atoms with E-state index in [1.807, 2.05) is 62.4 Å². The van der Waals surface area contributed by atoms with Crippen molar-refractivity contribution in [3.05, 3.63) is 83.9 Å². The summed E-state index contributed by atoms with van der Waals surface area (Å²) in [6, 6.07) is 22.5. The highest BCUT2D eigenvalue weighted by molar-refractivity contribution is 7.85. The Kier molecular flexibility index (Phi) is 5.07. The Morgan fingerprint density at radius 2 is 0.875 bits per heavy atom. The first kappa shape index (κ1) is 16.8. The molecule has 122 valence electrons. The number of benzene rings is 3. The zero-order valence-electron chi connectivity index (χ0n) is 13.6. The van der Waals surface area contributed by atoms with E-state index in [2.05, 4.69) is 0 Å². The second kappa shape index (κ2) is 7.24. The van der Waals surface area contributed by atoms with Crippen molar-refractivity contribution in [1.82, 2.24) is 0 Å². The first-order valence-corrected chi connectivity index (χ1v) is 9.93. The van der Waals surface area contributed by atoms with Crippen molar-refractivity contribution in [3.63, 3.8) is 0 Å². The van der Waals surface area contributed by atoms with Gasteiger partial charge in [-0.25, -0.2) is 8.42 Å². The molecule has 3 aromatic carbocycles. The first-order chi connectivity index (χ1) is 11.6. The summed E-state index contributed by atoms with van der Waals surface area (Å²) in [5.74, 6) is 0. The molecule has 3 rings (SSSR count). The molecule has 0 amide bonds. The number of hydrogen-bond donors (Lipinski definition) is 0. The van der Waals surface area contributed by atoms with Crippen molar-refractivity contribution in [1.29, 1.82) is 0 Å². The molecular weight excluding hydrogens is 336 g/mol. The van der Waals surface area contributed by atoms with Crippen LogP contribution < -0.4 is 0 Å². The molecule has 0 spiro atoms. The summed E-state index contributed by atoms with van der Waals surface area (Å²) in [5, 5.41) is 0. The summed E-state index contributed by atoms with van der Waals surface area (Å²) < 4.78 is 25.4. The van der Waals surface area contributed by atoms with Gasteiger partial charge in [-0.05, 0) is 61.4 Å². The summed E-state index contributed by atoms with van der Waals surface area (Å²) in [7, 11) is -2.46. The van der Waals surface area contributed by atoms with Gasteiger partial charge in [0.05, 0.1) is 21.6 Å². The first-order valence-electron chi connectivity index (χ1n) is 7.63. The minimum Gasteiger partial charge on any atom is -0.249 e. The summed E-state index contributed by atoms with van der Waals surface area (Å²) in [4.78, 5) is 3.06. The molecule has 0 aliphatic heterocycles. The van der Waals surface area contributed by atoms with Crippen molar-refractivity contribution in [2.24, 2.45) is 0 Å². The third kappa shape index (κ3) is 3.40. The maximum absolute atomic E-state index is 12.7. The normalized spacial score (nSPS) is 13.4. The van der Waals surface area contributed by atoms with E-state index in [1.165, 1.54) is 0 Å². The van der Waals surface area contributed by atoms with Crippen LogP contribution in [-0.4, -0.2) is 8.42 Å².